The quantitative estimate of drug-likeness (QED) is 0.410. The van der Waals surface area contributed by atoms with Gasteiger partial charge in [0, 0.05) is 9.13 Å². The van der Waals surface area contributed by atoms with E-state index in [9.17, 15) is 4.39 Å². The van der Waals surface area contributed by atoms with E-state index in [1.165, 1.54) is 6.07 Å². The summed E-state index contributed by atoms with van der Waals surface area (Å²) in [6.45, 7) is 1.79. The Labute approximate surface area is 112 Å². The molecule has 0 saturated heterocycles. The van der Waals surface area contributed by atoms with Crippen molar-refractivity contribution < 1.29 is 4.39 Å². The SMILES string of the molecule is Cc1c(F)ccc(N(I)I)c1I. The van der Waals surface area contributed by atoms with Crippen molar-refractivity contribution in [1.82, 2.24) is 0 Å². The van der Waals surface area contributed by atoms with Gasteiger partial charge in [0.1, 0.15) is 5.82 Å². The maximum atomic E-state index is 13.0. The minimum atomic E-state index is -0.141. The van der Waals surface area contributed by atoms with Crippen molar-refractivity contribution in [3.05, 3.63) is 27.1 Å². The van der Waals surface area contributed by atoms with Crippen molar-refractivity contribution in [3.8, 4) is 0 Å². The van der Waals surface area contributed by atoms with Crippen LogP contribution in [0.5, 0.6) is 0 Å². The molecule has 0 aliphatic carbocycles. The largest absolute Gasteiger partial charge is 0.254 e. The molecular weight excluding hydrogens is 498 g/mol. The smallest absolute Gasteiger partial charge is 0.127 e. The number of hydrogen-bond donors (Lipinski definition) is 0. The standard InChI is InChI=1S/C7H5FI3N/c1-4-5(8)2-3-6(7(4)9)12(10)11/h2-3H,1H3. The molecule has 0 fully saturated rings. The molecule has 0 unspecified atom stereocenters. The number of halogens is 4. The molecule has 12 heavy (non-hydrogen) atoms. The lowest BCUT2D eigenvalue weighted by atomic mass is 10.2. The Kier molecular flexibility index (Phi) is 4.28. The van der Waals surface area contributed by atoms with Crippen LogP contribution in [0.1, 0.15) is 5.56 Å². The van der Waals surface area contributed by atoms with Crippen LogP contribution in [0.25, 0.3) is 0 Å². The van der Waals surface area contributed by atoms with Gasteiger partial charge >= 0.3 is 0 Å². The highest BCUT2D eigenvalue weighted by Crippen LogP contribution is 2.31. The predicted octanol–water partition coefficient (Wildman–Crippen LogP) is 4.25. The summed E-state index contributed by atoms with van der Waals surface area (Å²) in [4.78, 5) is 0. The fraction of sp³-hybridized carbons (Fsp3) is 0.143. The van der Waals surface area contributed by atoms with Crippen molar-refractivity contribution in [2.24, 2.45) is 0 Å². The third kappa shape index (κ3) is 2.34. The molecule has 0 saturated carbocycles. The van der Waals surface area contributed by atoms with E-state index in [4.69, 9.17) is 0 Å². The van der Waals surface area contributed by atoms with Crippen LogP contribution < -0.4 is 1.33 Å². The van der Waals surface area contributed by atoms with E-state index < -0.39 is 0 Å². The van der Waals surface area contributed by atoms with Crippen molar-refractivity contribution >= 4 is 74.0 Å². The molecule has 5 heteroatoms. The molecule has 1 nitrogen and oxygen atoms in total. The molecule has 0 aliphatic rings. The third-order valence-electron chi connectivity index (χ3n) is 1.48. The average molecular weight is 503 g/mol. The summed E-state index contributed by atoms with van der Waals surface area (Å²) in [5.74, 6) is -0.141. The molecule has 1 aromatic carbocycles. The van der Waals surface area contributed by atoms with Gasteiger partial charge in [0.25, 0.3) is 0 Å². The fourth-order valence-electron chi connectivity index (χ4n) is 0.778. The first-order valence-electron chi connectivity index (χ1n) is 3.10. The third-order valence-corrected chi connectivity index (χ3v) is 3.88. The van der Waals surface area contributed by atoms with Gasteiger partial charge in [-0.3, -0.25) is 1.33 Å². The average Bonchev–Trinajstić information content (AvgIpc) is 2.00. The summed E-state index contributed by atoms with van der Waals surface area (Å²) < 4.78 is 15.9. The second-order valence-corrected chi connectivity index (χ2v) is 7.09. The van der Waals surface area contributed by atoms with E-state index in [1.54, 1.807) is 13.0 Å². The molecule has 0 aliphatic heterocycles. The number of nitrogens with zero attached hydrogens (tertiary/aromatic N) is 1. The van der Waals surface area contributed by atoms with E-state index in [2.05, 4.69) is 68.3 Å². The summed E-state index contributed by atoms with van der Waals surface area (Å²) in [5, 5.41) is 0. The number of rotatable bonds is 1. The lowest BCUT2D eigenvalue weighted by Gasteiger charge is -2.11. The fourth-order valence-corrected chi connectivity index (χ4v) is 3.18. The molecule has 0 bridgehead atoms. The highest BCUT2D eigenvalue weighted by Gasteiger charge is 2.09. The van der Waals surface area contributed by atoms with Gasteiger partial charge < -0.3 is 0 Å². The molecule has 1 aromatic rings. The van der Waals surface area contributed by atoms with Crippen LogP contribution >= 0.6 is 68.3 Å². The Morgan fingerprint density at radius 1 is 1.33 bits per heavy atom. The molecule has 0 atom stereocenters. The van der Waals surface area contributed by atoms with Gasteiger partial charge in [-0.25, -0.2) is 4.39 Å². The first-order chi connectivity index (χ1) is 5.54. The van der Waals surface area contributed by atoms with Crippen LogP contribution in [0.3, 0.4) is 0 Å². The van der Waals surface area contributed by atoms with Crippen LogP contribution in [0.2, 0.25) is 0 Å². The normalized spacial score (nSPS) is 10.1. The maximum Gasteiger partial charge on any atom is 0.127 e. The van der Waals surface area contributed by atoms with Crippen LogP contribution in [0, 0.1) is 16.3 Å². The molecule has 1 rings (SSSR count). The van der Waals surface area contributed by atoms with E-state index in [1.807, 2.05) is 1.33 Å². The van der Waals surface area contributed by atoms with Gasteiger partial charge in [0.2, 0.25) is 0 Å². The summed E-state index contributed by atoms with van der Waals surface area (Å²) in [6.07, 6.45) is 0. The van der Waals surface area contributed by atoms with Crippen molar-refractivity contribution in [2.75, 3.05) is 1.33 Å². The van der Waals surface area contributed by atoms with Crippen molar-refractivity contribution in [2.45, 2.75) is 6.92 Å². The van der Waals surface area contributed by atoms with Crippen LogP contribution in [-0.4, -0.2) is 0 Å². The first kappa shape index (κ1) is 11.2. The minimum Gasteiger partial charge on any atom is -0.254 e. The van der Waals surface area contributed by atoms with Gasteiger partial charge in [-0.2, -0.15) is 0 Å². The second kappa shape index (κ2) is 4.58. The lowest BCUT2D eigenvalue weighted by Crippen LogP contribution is -1.97. The maximum absolute atomic E-state index is 13.0. The first-order valence-corrected chi connectivity index (χ1v) is 6.11. The zero-order chi connectivity index (χ0) is 9.30. The molecule has 0 aromatic heterocycles. The van der Waals surface area contributed by atoms with Crippen LogP contribution in [0.15, 0.2) is 12.1 Å². The van der Waals surface area contributed by atoms with Crippen molar-refractivity contribution in [3.63, 3.8) is 0 Å². The molecule has 0 radical (unpaired) electrons. The molecule has 0 spiro atoms. The number of hydrogen-bond acceptors (Lipinski definition) is 1. The Balaban J connectivity index is 3.27. The molecule has 66 valence electrons. The van der Waals surface area contributed by atoms with E-state index in [-0.39, 0.29) is 5.82 Å². The summed E-state index contributed by atoms with van der Waals surface area (Å²) in [6, 6.07) is 3.28. The zero-order valence-electron chi connectivity index (χ0n) is 6.11. The van der Waals surface area contributed by atoms with Gasteiger partial charge in [0.15, 0.2) is 0 Å². The summed E-state index contributed by atoms with van der Waals surface area (Å²) >= 11 is 6.46. The van der Waals surface area contributed by atoms with E-state index in [0.29, 0.717) is 5.56 Å². The monoisotopic (exact) mass is 503 g/mol. The van der Waals surface area contributed by atoms with Crippen LogP contribution in [-0.2, 0) is 0 Å². The van der Waals surface area contributed by atoms with Gasteiger partial charge in [0.05, 0.1) is 51.4 Å². The highest BCUT2D eigenvalue weighted by atomic mass is 127. The highest BCUT2D eigenvalue weighted by molar-refractivity contribution is 14.2. The Morgan fingerprint density at radius 2 is 1.92 bits per heavy atom. The van der Waals surface area contributed by atoms with E-state index in [0.717, 1.165) is 9.26 Å². The van der Waals surface area contributed by atoms with Gasteiger partial charge in [-0.05, 0) is 41.6 Å². The number of anilines is 1. The minimum absolute atomic E-state index is 0.141. The summed E-state index contributed by atoms with van der Waals surface area (Å²) in [5.41, 5.74) is 1.75. The predicted molar refractivity (Wildman–Crippen MR) is 74.4 cm³/mol. The molecular formula is C7H5FI3N. The van der Waals surface area contributed by atoms with E-state index >= 15 is 0 Å². The Bertz CT molecular complexity index is 301. The van der Waals surface area contributed by atoms with Crippen LogP contribution in [0.4, 0.5) is 10.1 Å². The van der Waals surface area contributed by atoms with Gasteiger partial charge in [-0.1, -0.05) is 0 Å². The number of benzene rings is 1. The zero-order valence-corrected chi connectivity index (χ0v) is 12.6. The second-order valence-electron chi connectivity index (χ2n) is 2.24. The Hall–Kier alpha value is 1.14. The Morgan fingerprint density at radius 3 is 2.42 bits per heavy atom. The molecule has 0 amide bonds. The molecule has 0 heterocycles. The van der Waals surface area contributed by atoms with Gasteiger partial charge in [-0.15, -0.1) is 0 Å². The lowest BCUT2D eigenvalue weighted by molar-refractivity contribution is 0.617. The topological polar surface area (TPSA) is 3.24 Å². The van der Waals surface area contributed by atoms with Crippen molar-refractivity contribution in [1.29, 1.82) is 0 Å². The summed E-state index contributed by atoms with van der Waals surface area (Å²) in [7, 11) is 0. The molecule has 0 N–H and O–H groups in total.